The molecule has 0 saturated heterocycles. The van der Waals surface area contributed by atoms with Crippen LogP contribution in [0.25, 0.3) is 0 Å². The molecule has 0 radical (unpaired) electrons. The first-order valence-corrected chi connectivity index (χ1v) is 5.38. The van der Waals surface area contributed by atoms with E-state index in [1.165, 1.54) is 0 Å². The average Bonchev–Trinajstić information content (AvgIpc) is 2.49. The monoisotopic (exact) mass is 266 g/mol. The molecule has 0 aliphatic carbocycles. The number of imidazole rings is 1. The molecule has 1 heterocycles. The Hall–Kier alpha value is -1.29. The van der Waals surface area contributed by atoms with E-state index >= 15 is 0 Å². The topological polar surface area (TPSA) is 27.1 Å². The summed E-state index contributed by atoms with van der Waals surface area (Å²) in [6.45, 7) is 2.01. The van der Waals surface area contributed by atoms with E-state index in [0.717, 1.165) is 15.9 Å². The molecule has 0 aliphatic heterocycles. The van der Waals surface area contributed by atoms with Gasteiger partial charge in [-0.3, -0.25) is 0 Å². The molecule has 15 heavy (non-hydrogen) atoms. The van der Waals surface area contributed by atoms with Crippen LogP contribution < -0.4 is 4.74 Å². The van der Waals surface area contributed by atoms with E-state index in [-0.39, 0.29) is 0 Å². The van der Waals surface area contributed by atoms with Gasteiger partial charge in [0.25, 0.3) is 0 Å². The number of nitrogens with zero attached hydrogens (tertiary/aromatic N) is 2. The van der Waals surface area contributed by atoms with E-state index in [9.17, 15) is 0 Å². The lowest BCUT2D eigenvalue weighted by Gasteiger charge is -2.06. The molecule has 4 heteroatoms. The molecule has 0 amide bonds. The third kappa shape index (κ3) is 2.21. The summed E-state index contributed by atoms with van der Waals surface area (Å²) in [6.07, 6.45) is 1.85. The third-order valence-corrected chi connectivity index (χ3v) is 2.48. The van der Waals surface area contributed by atoms with Gasteiger partial charge in [-0.1, -0.05) is 18.2 Å². The van der Waals surface area contributed by atoms with Gasteiger partial charge in [-0.25, -0.2) is 0 Å². The second-order valence-corrected chi connectivity index (χ2v) is 4.14. The zero-order valence-electron chi connectivity index (χ0n) is 8.57. The zero-order chi connectivity index (χ0) is 10.8. The summed E-state index contributed by atoms with van der Waals surface area (Å²) in [5.74, 6) is 0.832. The third-order valence-electron chi connectivity index (χ3n) is 2.10. The van der Waals surface area contributed by atoms with Crippen LogP contribution in [0, 0.1) is 6.92 Å². The first-order valence-electron chi connectivity index (χ1n) is 4.59. The standard InChI is InChI=1S/C11H11BrN2O/c1-8-5-3-4-6-9(8)15-11-13-10(12)7-14(11)2/h3-7H,1-2H3. The van der Waals surface area contributed by atoms with Crippen LogP contribution in [0.2, 0.25) is 0 Å². The predicted octanol–water partition coefficient (Wildman–Crippen LogP) is 3.28. The van der Waals surface area contributed by atoms with Crippen LogP contribution in [0.5, 0.6) is 11.8 Å². The molecular formula is C11H11BrN2O. The van der Waals surface area contributed by atoms with Gasteiger partial charge >= 0.3 is 6.01 Å². The number of halogens is 1. The first kappa shape index (κ1) is 10.2. The van der Waals surface area contributed by atoms with Crippen molar-refractivity contribution in [3.8, 4) is 11.8 Å². The molecule has 0 spiro atoms. The van der Waals surface area contributed by atoms with Crippen LogP contribution in [-0.2, 0) is 7.05 Å². The van der Waals surface area contributed by atoms with E-state index in [1.807, 2.05) is 49.0 Å². The highest BCUT2D eigenvalue weighted by molar-refractivity contribution is 9.10. The highest BCUT2D eigenvalue weighted by atomic mass is 79.9. The molecule has 0 fully saturated rings. The van der Waals surface area contributed by atoms with E-state index in [2.05, 4.69) is 20.9 Å². The van der Waals surface area contributed by atoms with Crippen molar-refractivity contribution >= 4 is 15.9 Å². The molecule has 3 nitrogen and oxygen atoms in total. The molecule has 2 aromatic rings. The summed E-state index contributed by atoms with van der Waals surface area (Å²) < 4.78 is 8.28. The molecule has 0 atom stereocenters. The van der Waals surface area contributed by atoms with Gasteiger partial charge in [0.2, 0.25) is 0 Å². The van der Waals surface area contributed by atoms with Crippen molar-refractivity contribution in [2.75, 3.05) is 0 Å². The number of hydrogen-bond donors (Lipinski definition) is 0. The maximum atomic E-state index is 5.68. The SMILES string of the molecule is Cc1ccccc1Oc1nc(Br)cn1C. The Morgan fingerprint density at radius 1 is 1.33 bits per heavy atom. The summed E-state index contributed by atoms with van der Waals surface area (Å²) >= 11 is 3.30. The van der Waals surface area contributed by atoms with Crippen LogP contribution in [0.1, 0.15) is 5.56 Å². The lowest BCUT2D eigenvalue weighted by Crippen LogP contribution is -1.94. The smallest absolute Gasteiger partial charge is 0.302 e. The second-order valence-electron chi connectivity index (χ2n) is 3.32. The lowest BCUT2D eigenvalue weighted by molar-refractivity contribution is 0.422. The largest absolute Gasteiger partial charge is 0.425 e. The Morgan fingerprint density at radius 3 is 2.67 bits per heavy atom. The van der Waals surface area contributed by atoms with Gasteiger partial charge in [0.1, 0.15) is 10.4 Å². The van der Waals surface area contributed by atoms with E-state index in [0.29, 0.717) is 6.01 Å². The van der Waals surface area contributed by atoms with Gasteiger partial charge in [-0.15, -0.1) is 0 Å². The van der Waals surface area contributed by atoms with Gasteiger partial charge in [-0.05, 0) is 34.5 Å². The van der Waals surface area contributed by atoms with Crippen molar-refractivity contribution in [3.05, 3.63) is 40.6 Å². The Bertz CT molecular complexity index is 479. The number of para-hydroxylation sites is 1. The van der Waals surface area contributed by atoms with Gasteiger partial charge < -0.3 is 9.30 Å². The zero-order valence-corrected chi connectivity index (χ0v) is 10.2. The Kier molecular flexibility index (Phi) is 2.77. The van der Waals surface area contributed by atoms with E-state index in [1.54, 1.807) is 0 Å². The maximum Gasteiger partial charge on any atom is 0.302 e. The van der Waals surface area contributed by atoms with Crippen LogP contribution in [-0.4, -0.2) is 9.55 Å². The van der Waals surface area contributed by atoms with Crippen molar-refractivity contribution in [2.24, 2.45) is 7.05 Å². The summed E-state index contributed by atoms with van der Waals surface area (Å²) in [4.78, 5) is 4.20. The maximum absolute atomic E-state index is 5.68. The van der Waals surface area contributed by atoms with Crippen LogP contribution >= 0.6 is 15.9 Å². The first-order chi connectivity index (χ1) is 7.16. The number of hydrogen-bond acceptors (Lipinski definition) is 2. The Morgan fingerprint density at radius 2 is 2.07 bits per heavy atom. The molecule has 0 N–H and O–H groups in total. The molecule has 78 valence electrons. The van der Waals surface area contributed by atoms with E-state index in [4.69, 9.17) is 4.74 Å². The predicted molar refractivity (Wildman–Crippen MR) is 62.2 cm³/mol. The van der Waals surface area contributed by atoms with E-state index < -0.39 is 0 Å². The highest BCUT2D eigenvalue weighted by Gasteiger charge is 2.06. The Labute approximate surface area is 96.8 Å². The molecule has 0 bridgehead atoms. The highest BCUT2D eigenvalue weighted by Crippen LogP contribution is 2.24. The fraction of sp³-hybridized carbons (Fsp3) is 0.182. The van der Waals surface area contributed by atoms with Crippen molar-refractivity contribution in [1.29, 1.82) is 0 Å². The molecule has 2 rings (SSSR count). The molecular weight excluding hydrogens is 256 g/mol. The molecule has 1 aromatic heterocycles. The van der Waals surface area contributed by atoms with Gasteiger partial charge in [0, 0.05) is 13.2 Å². The van der Waals surface area contributed by atoms with Crippen molar-refractivity contribution in [3.63, 3.8) is 0 Å². The summed E-state index contributed by atoms with van der Waals surface area (Å²) in [5, 5.41) is 0. The van der Waals surface area contributed by atoms with Crippen LogP contribution in [0.15, 0.2) is 35.1 Å². The number of rotatable bonds is 2. The minimum absolute atomic E-state index is 0.580. The van der Waals surface area contributed by atoms with Gasteiger partial charge in [0.15, 0.2) is 0 Å². The normalized spacial score (nSPS) is 10.3. The minimum Gasteiger partial charge on any atom is -0.425 e. The molecule has 0 aliphatic rings. The molecule has 0 unspecified atom stereocenters. The average molecular weight is 267 g/mol. The van der Waals surface area contributed by atoms with Gasteiger partial charge in [0.05, 0.1) is 0 Å². The number of ether oxygens (including phenoxy) is 1. The number of benzene rings is 1. The number of aryl methyl sites for hydroxylation is 2. The van der Waals surface area contributed by atoms with Crippen LogP contribution in [0.3, 0.4) is 0 Å². The van der Waals surface area contributed by atoms with Crippen molar-refractivity contribution in [2.45, 2.75) is 6.92 Å². The molecule has 1 aromatic carbocycles. The number of aromatic nitrogens is 2. The second kappa shape index (κ2) is 4.06. The fourth-order valence-electron chi connectivity index (χ4n) is 1.28. The van der Waals surface area contributed by atoms with Crippen LogP contribution in [0.4, 0.5) is 0 Å². The van der Waals surface area contributed by atoms with Crippen molar-refractivity contribution < 1.29 is 4.74 Å². The van der Waals surface area contributed by atoms with Crippen molar-refractivity contribution in [1.82, 2.24) is 9.55 Å². The minimum atomic E-state index is 0.580. The summed E-state index contributed by atoms with van der Waals surface area (Å²) in [7, 11) is 1.89. The Balaban J connectivity index is 2.29. The molecule has 0 saturated carbocycles. The fourth-order valence-corrected chi connectivity index (χ4v) is 1.74. The van der Waals surface area contributed by atoms with Gasteiger partial charge in [-0.2, -0.15) is 4.98 Å². The summed E-state index contributed by atoms with van der Waals surface area (Å²) in [5.41, 5.74) is 1.09. The lowest BCUT2D eigenvalue weighted by atomic mass is 10.2. The quantitative estimate of drug-likeness (QED) is 0.834. The summed E-state index contributed by atoms with van der Waals surface area (Å²) in [6, 6.07) is 8.44.